The van der Waals surface area contributed by atoms with Crippen molar-refractivity contribution in [3.8, 4) is 0 Å². The van der Waals surface area contributed by atoms with Crippen molar-refractivity contribution < 1.29 is 24.5 Å². The summed E-state index contributed by atoms with van der Waals surface area (Å²) >= 11 is 0. The molecule has 3 N–H and O–H groups in total. The van der Waals surface area contributed by atoms with E-state index < -0.39 is 18.2 Å². The number of unbranched alkanes of at least 4 members (excludes halogenated alkanes) is 30. The minimum absolute atomic E-state index is 0.0728. The van der Waals surface area contributed by atoms with Crippen molar-refractivity contribution in [3.05, 3.63) is 36.5 Å². The van der Waals surface area contributed by atoms with E-state index in [4.69, 9.17) is 4.74 Å². The van der Waals surface area contributed by atoms with E-state index in [0.717, 1.165) is 70.6 Å². The first kappa shape index (κ1) is 59.1. The Morgan fingerprint density at radius 2 is 0.836 bits per heavy atom. The molecule has 6 nitrogen and oxygen atoms in total. The van der Waals surface area contributed by atoms with E-state index in [1.165, 1.54) is 161 Å². The molecule has 0 rings (SSSR count). The van der Waals surface area contributed by atoms with Crippen LogP contribution in [0.15, 0.2) is 36.5 Å². The average Bonchev–Trinajstić information content (AvgIpc) is 3.25. The van der Waals surface area contributed by atoms with Gasteiger partial charge in [0.05, 0.1) is 25.2 Å². The zero-order chi connectivity index (χ0) is 44.5. The molecular weight excluding hydrogens is 755 g/mol. The van der Waals surface area contributed by atoms with Gasteiger partial charge in [0.25, 0.3) is 0 Å². The minimum atomic E-state index is -0.788. The van der Waals surface area contributed by atoms with Gasteiger partial charge in [-0.1, -0.05) is 218 Å². The van der Waals surface area contributed by atoms with Crippen molar-refractivity contribution in [2.45, 2.75) is 296 Å². The molecular formula is C55H103NO5. The number of carbonyl (C=O) groups excluding carboxylic acids is 2. The fraction of sp³-hybridized carbons (Fsp3) is 0.855. The Balaban J connectivity index is 4.58. The first-order valence-corrected chi connectivity index (χ1v) is 26.7. The summed E-state index contributed by atoms with van der Waals surface area (Å²) in [7, 11) is 0. The van der Waals surface area contributed by atoms with E-state index in [9.17, 15) is 19.8 Å². The van der Waals surface area contributed by atoms with Gasteiger partial charge in [-0.05, 0) is 83.5 Å². The molecule has 0 spiro atoms. The Hall–Kier alpha value is -1.92. The number of ether oxygens (including phenoxy) is 1. The van der Waals surface area contributed by atoms with Crippen LogP contribution >= 0.6 is 0 Å². The van der Waals surface area contributed by atoms with Crippen molar-refractivity contribution in [3.63, 3.8) is 0 Å². The number of allylic oxidation sites excluding steroid dienone is 6. The molecule has 1 amide bonds. The number of aliphatic hydroxyl groups excluding tert-OH is 2. The highest BCUT2D eigenvalue weighted by atomic mass is 16.5. The van der Waals surface area contributed by atoms with E-state index in [0.29, 0.717) is 19.3 Å². The lowest BCUT2D eigenvalue weighted by Crippen LogP contribution is -2.46. The van der Waals surface area contributed by atoms with Gasteiger partial charge in [0, 0.05) is 6.42 Å². The topological polar surface area (TPSA) is 95.9 Å². The summed E-state index contributed by atoms with van der Waals surface area (Å²) in [5.41, 5.74) is 0. The summed E-state index contributed by atoms with van der Waals surface area (Å²) in [4.78, 5) is 26.2. The van der Waals surface area contributed by atoms with Gasteiger partial charge in [-0.3, -0.25) is 9.59 Å². The van der Waals surface area contributed by atoms with E-state index in [-0.39, 0.29) is 24.9 Å². The first-order valence-electron chi connectivity index (χ1n) is 26.7. The van der Waals surface area contributed by atoms with E-state index in [1.54, 1.807) is 0 Å². The predicted octanol–water partition coefficient (Wildman–Crippen LogP) is 16.1. The Labute approximate surface area is 379 Å². The van der Waals surface area contributed by atoms with Gasteiger partial charge in [0.2, 0.25) is 5.91 Å². The smallest absolute Gasteiger partial charge is 0.306 e. The quantitative estimate of drug-likeness (QED) is 0.0322. The third kappa shape index (κ3) is 44.5. The second-order valence-corrected chi connectivity index (χ2v) is 18.3. The highest BCUT2D eigenvalue weighted by molar-refractivity contribution is 5.77. The molecule has 0 bridgehead atoms. The van der Waals surface area contributed by atoms with E-state index in [1.807, 2.05) is 0 Å². The van der Waals surface area contributed by atoms with Crippen molar-refractivity contribution in [1.29, 1.82) is 0 Å². The van der Waals surface area contributed by atoms with Gasteiger partial charge in [-0.15, -0.1) is 0 Å². The number of aliphatic hydroxyl groups is 2. The molecule has 0 aromatic rings. The minimum Gasteiger partial charge on any atom is -0.462 e. The van der Waals surface area contributed by atoms with Crippen LogP contribution in [-0.2, 0) is 14.3 Å². The van der Waals surface area contributed by atoms with Crippen LogP contribution in [-0.4, -0.2) is 46.9 Å². The lowest BCUT2D eigenvalue weighted by atomic mass is 10.0. The standard InChI is InChI=1S/C55H103NO5/c1-4-7-10-13-16-19-22-24-26-27-29-30-32-34-37-40-43-46-51(61-55(60)48-45-42-39-36-33-31-28-25-23-20-17-14-11-8-5-2)49-54(59)56-52(50-57)53(58)47-44-41-38-35-21-18-15-12-9-6-3/h16,19-20,23-24,26,51-53,57-58H,4-15,17-18,21-22,25,27-50H2,1-3H3,(H,56,59)/b19-16-,23-20-,26-24-. The second kappa shape index (κ2) is 49.1. The summed E-state index contributed by atoms with van der Waals surface area (Å²) in [5.74, 6) is -0.477. The SMILES string of the molecule is CCCCC/C=C\C/C=C\CCCCCCCCCC(CC(=O)NC(CO)C(O)CCCCCCCCCCCC)OC(=O)CCCCCCCCC/C=C\CCCCCC. The average molecular weight is 858 g/mol. The first-order chi connectivity index (χ1) is 30.0. The Morgan fingerprint density at radius 3 is 1.31 bits per heavy atom. The molecule has 0 saturated heterocycles. The largest absolute Gasteiger partial charge is 0.462 e. The molecule has 0 aliphatic heterocycles. The van der Waals surface area contributed by atoms with Crippen molar-refractivity contribution in [1.82, 2.24) is 5.32 Å². The maximum atomic E-state index is 13.2. The monoisotopic (exact) mass is 858 g/mol. The van der Waals surface area contributed by atoms with Gasteiger partial charge in [0.1, 0.15) is 6.10 Å². The number of nitrogens with one attached hydrogen (secondary N) is 1. The summed E-state index contributed by atoms with van der Waals surface area (Å²) < 4.78 is 5.94. The second-order valence-electron chi connectivity index (χ2n) is 18.3. The molecule has 0 aromatic carbocycles. The van der Waals surface area contributed by atoms with E-state index >= 15 is 0 Å². The van der Waals surface area contributed by atoms with Crippen LogP contribution in [0.25, 0.3) is 0 Å². The molecule has 3 unspecified atom stereocenters. The number of rotatable bonds is 48. The zero-order valence-electron chi connectivity index (χ0n) is 40.8. The third-order valence-corrected chi connectivity index (χ3v) is 12.2. The zero-order valence-corrected chi connectivity index (χ0v) is 40.8. The summed E-state index contributed by atoms with van der Waals surface area (Å²) in [6.45, 7) is 6.45. The van der Waals surface area contributed by atoms with Crippen LogP contribution in [0.2, 0.25) is 0 Å². The summed E-state index contributed by atoms with van der Waals surface area (Å²) in [6, 6.07) is -0.702. The van der Waals surface area contributed by atoms with Crippen LogP contribution in [0.4, 0.5) is 0 Å². The van der Waals surface area contributed by atoms with Gasteiger partial charge in [0.15, 0.2) is 0 Å². The van der Waals surface area contributed by atoms with Crippen LogP contribution in [0.3, 0.4) is 0 Å². The molecule has 0 saturated carbocycles. The van der Waals surface area contributed by atoms with Gasteiger partial charge >= 0.3 is 5.97 Å². The van der Waals surface area contributed by atoms with Gasteiger partial charge in [-0.2, -0.15) is 0 Å². The fourth-order valence-corrected chi connectivity index (χ4v) is 8.10. The maximum absolute atomic E-state index is 13.2. The van der Waals surface area contributed by atoms with Crippen LogP contribution in [0.5, 0.6) is 0 Å². The highest BCUT2D eigenvalue weighted by Gasteiger charge is 2.24. The molecule has 6 heteroatoms. The van der Waals surface area contributed by atoms with Crippen LogP contribution in [0.1, 0.15) is 278 Å². The van der Waals surface area contributed by atoms with Crippen molar-refractivity contribution >= 4 is 11.9 Å². The van der Waals surface area contributed by atoms with Crippen molar-refractivity contribution in [2.24, 2.45) is 0 Å². The third-order valence-electron chi connectivity index (χ3n) is 12.2. The lowest BCUT2D eigenvalue weighted by molar-refractivity contribution is -0.151. The van der Waals surface area contributed by atoms with Crippen molar-refractivity contribution in [2.75, 3.05) is 6.61 Å². The number of hydrogen-bond acceptors (Lipinski definition) is 5. The number of amides is 1. The predicted molar refractivity (Wildman–Crippen MR) is 264 cm³/mol. The molecule has 0 fully saturated rings. The lowest BCUT2D eigenvalue weighted by Gasteiger charge is -2.24. The van der Waals surface area contributed by atoms with Gasteiger partial charge in [-0.25, -0.2) is 0 Å². The molecule has 0 heterocycles. The molecule has 0 aliphatic rings. The van der Waals surface area contributed by atoms with Crippen LogP contribution < -0.4 is 5.32 Å². The number of carbonyl (C=O) groups is 2. The molecule has 0 radical (unpaired) electrons. The molecule has 0 aromatic heterocycles. The molecule has 0 aliphatic carbocycles. The Bertz CT molecular complexity index is 1010. The highest BCUT2D eigenvalue weighted by Crippen LogP contribution is 2.18. The molecule has 3 atom stereocenters. The number of hydrogen-bond donors (Lipinski definition) is 3. The number of esters is 1. The van der Waals surface area contributed by atoms with Crippen LogP contribution in [0, 0.1) is 0 Å². The fourth-order valence-electron chi connectivity index (χ4n) is 8.10. The Morgan fingerprint density at radius 1 is 0.475 bits per heavy atom. The van der Waals surface area contributed by atoms with Gasteiger partial charge < -0.3 is 20.3 Å². The molecule has 61 heavy (non-hydrogen) atoms. The van der Waals surface area contributed by atoms with E-state index in [2.05, 4.69) is 62.5 Å². The Kier molecular flexibility index (Phi) is 47.6. The normalized spacial score (nSPS) is 13.5. The maximum Gasteiger partial charge on any atom is 0.306 e. The summed E-state index contributed by atoms with van der Waals surface area (Å²) in [6.07, 6.45) is 57.7. The molecule has 358 valence electrons. The summed E-state index contributed by atoms with van der Waals surface area (Å²) in [5, 5.41) is 23.7.